The summed E-state index contributed by atoms with van der Waals surface area (Å²) in [6.45, 7) is 0.920. The first-order valence-corrected chi connectivity index (χ1v) is 8.12. The van der Waals surface area contributed by atoms with E-state index in [4.69, 9.17) is 4.74 Å². The van der Waals surface area contributed by atoms with E-state index in [2.05, 4.69) is 75.5 Å². The van der Waals surface area contributed by atoms with Crippen LogP contribution in [0.3, 0.4) is 0 Å². The summed E-state index contributed by atoms with van der Waals surface area (Å²) in [6.07, 6.45) is 4.94. The number of ether oxygens (including phenoxy) is 1. The Hall–Kier alpha value is 0.380. The first-order valence-electron chi connectivity index (χ1n) is 5.97. The quantitative estimate of drug-likeness (QED) is 0.592. The summed E-state index contributed by atoms with van der Waals surface area (Å²) in [5, 5.41) is 0. The molecule has 1 aromatic carbocycles. The molecule has 0 radical (unpaired) electrons. The highest BCUT2D eigenvalue weighted by Gasteiger charge is 2.21. The fraction of sp³-hybridized carbons (Fsp3) is 0.429. The molecule has 1 atom stereocenters. The van der Waals surface area contributed by atoms with Crippen LogP contribution in [-0.4, -0.2) is 12.7 Å². The standard InChI is InChI=1S/C14H16I2O/c15-14(16)12-7-4-10-17-13(12)9-8-11-5-2-1-3-6-11/h1-3,5-6,13H,4,7-10H2. The van der Waals surface area contributed by atoms with Crippen LogP contribution in [0.15, 0.2) is 37.5 Å². The van der Waals surface area contributed by atoms with Gasteiger partial charge in [-0.15, -0.1) is 0 Å². The molecule has 1 saturated heterocycles. The highest BCUT2D eigenvalue weighted by atomic mass is 127. The van der Waals surface area contributed by atoms with Gasteiger partial charge >= 0.3 is 0 Å². The zero-order chi connectivity index (χ0) is 12.1. The molecule has 0 spiro atoms. The molecular weight excluding hydrogens is 438 g/mol. The smallest absolute Gasteiger partial charge is 0.0805 e. The summed E-state index contributed by atoms with van der Waals surface area (Å²) in [4.78, 5) is 0. The van der Waals surface area contributed by atoms with Gasteiger partial charge in [0.25, 0.3) is 0 Å². The Morgan fingerprint density at radius 1 is 1.24 bits per heavy atom. The number of aryl methyl sites for hydroxylation is 1. The van der Waals surface area contributed by atoms with E-state index in [1.807, 2.05) is 0 Å². The van der Waals surface area contributed by atoms with E-state index < -0.39 is 0 Å². The lowest BCUT2D eigenvalue weighted by molar-refractivity contribution is 0.0481. The van der Waals surface area contributed by atoms with Gasteiger partial charge < -0.3 is 4.74 Å². The van der Waals surface area contributed by atoms with Gasteiger partial charge in [-0.25, -0.2) is 0 Å². The lowest BCUT2D eigenvalue weighted by Crippen LogP contribution is -2.23. The predicted molar refractivity (Wildman–Crippen MR) is 88.8 cm³/mol. The highest BCUT2D eigenvalue weighted by Crippen LogP contribution is 2.32. The summed E-state index contributed by atoms with van der Waals surface area (Å²) < 4.78 is 7.29. The molecule has 1 aliphatic heterocycles. The first-order chi connectivity index (χ1) is 8.27. The van der Waals surface area contributed by atoms with Crippen LogP contribution in [0.4, 0.5) is 0 Å². The van der Waals surface area contributed by atoms with Gasteiger partial charge in [0.15, 0.2) is 0 Å². The third-order valence-corrected chi connectivity index (χ3v) is 4.46. The van der Waals surface area contributed by atoms with Crippen LogP contribution in [0.5, 0.6) is 0 Å². The van der Waals surface area contributed by atoms with E-state index in [0.29, 0.717) is 6.10 Å². The minimum atomic E-state index is 0.341. The van der Waals surface area contributed by atoms with Crippen LogP contribution in [-0.2, 0) is 11.2 Å². The number of rotatable bonds is 3. The Morgan fingerprint density at radius 2 is 2.00 bits per heavy atom. The summed E-state index contributed by atoms with van der Waals surface area (Å²) >= 11 is 4.84. The zero-order valence-electron chi connectivity index (χ0n) is 9.66. The van der Waals surface area contributed by atoms with Crippen LogP contribution in [0, 0.1) is 0 Å². The summed E-state index contributed by atoms with van der Waals surface area (Å²) in [5.74, 6) is 0. The van der Waals surface area contributed by atoms with Gasteiger partial charge in [0.05, 0.1) is 7.69 Å². The molecule has 1 nitrogen and oxygen atoms in total. The predicted octanol–water partition coefficient (Wildman–Crippen LogP) is 4.88. The van der Waals surface area contributed by atoms with Gasteiger partial charge in [0, 0.05) is 6.61 Å². The van der Waals surface area contributed by atoms with Crippen molar-refractivity contribution in [2.24, 2.45) is 0 Å². The number of benzene rings is 1. The zero-order valence-corrected chi connectivity index (χ0v) is 14.0. The minimum Gasteiger partial charge on any atom is -0.374 e. The van der Waals surface area contributed by atoms with Gasteiger partial charge in [0.1, 0.15) is 0 Å². The molecule has 0 aromatic heterocycles. The van der Waals surface area contributed by atoms with Crippen molar-refractivity contribution in [3.63, 3.8) is 0 Å². The number of halogens is 2. The summed E-state index contributed by atoms with van der Waals surface area (Å²) in [6, 6.07) is 10.7. The number of hydrogen-bond donors (Lipinski definition) is 0. The molecule has 1 aliphatic rings. The highest BCUT2D eigenvalue weighted by molar-refractivity contribution is 14.2. The van der Waals surface area contributed by atoms with E-state index in [9.17, 15) is 0 Å². The van der Waals surface area contributed by atoms with Crippen molar-refractivity contribution in [1.29, 1.82) is 0 Å². The van der Waals surface area contributed by atoms with Crippen LogP contribution >= 0.6 is 45.2 Å². The lowest BCUT2D eigenvalue weighted by atomic mass is 9.97. The molecule has 1 fully saturated rings. The molecule has 1 aromatic rings. The molecule has 0 bridgehead atoms. The molecule has 3 heteroatoms. The maximum Gasteiger partial charge on any atom is 0.0805 e. The van der Waals surface area contributed by atoms with Gasteiger partial charge in [-0.05, 0) is 82.0 Å². The first kappa shape index (κ1) is 13.8. The summed E-state index contributed by atoms with van der Waals surface area (Å²) in [7, 11) is 0. The fourth-order valence-electron chi connectivity index (χ4n) is 2.17. The van der Waals surface area contributed by atoms with Crippen molar-refractivity contribution in [3.05, 3.63) is 43.1 Å². The maximum absolute atomic E-state index is 5.91. The Labute approximate surface area is 130 Å². The average Bonchev–Trinajstić information content (AvgIpc) is 2.38. The second-order valence-electron chi connectivity index (χ2n) is 4.27. The third kappa shape index (κ3) is 4.21. The molecule has 0 saturated carbocycles. The fourth-order valence-corrected chi connectivity index (χ4v) is 3.40. The van der Waals surface area contributed by atoms with E-state index >= 15 is 0 Å². The lowest BCUT2D eigenvalue weighted by Gasteiger charge is -2.26. The molecule has 92 valence electrons. The van der Waals surface area contributed by atoms with Gasteiger partial charge in [-0.3, -0.25) is 0 Å². The van der Waals surface area contributed by atoms with E-state index in [1.165, 1.54) is 25.6 Å². The van der Waals surface area contributed by atoms with Gasteiger partial charge in [-0.1, -0.05) is 30.3 Å². The van der Waals surface area contributed by atoms with E-state index in [-0.39, 0.29) is 0 Å². The minimum absolute atomic E-state index is 0.341. The molecule has 0 aliphatic carbocycles. The Kier molecular flexibility index (Phi) is 5.76. The Balaban J connectivity index is 1.96. The average molecular weight is 454 g/mol. The second kappa shape index (κ2) is 7.09. The molecule has 17 heavy (non-hydrogen) atoms. The van der Waals surface area contributed by atoms with Crippen LogP contribution in [0.1, 0.15) is 24.8 Å². The third-order valence-electron chi connectivity index (χ3n) is 3.08. The monoisotopic (exact) mass is 454 g/mol. The van der Waals surface area contributed by atoms with Crippen molar-refractivity contribution in [2.75, 3.05) is 6.61 Å². The Morgan fingerprint density at radius 3 is 2.71 bits per heavy atom. The normalized spacial score (nSPS) is 20.4. The van der Waals surface area contributed by atoms with Crippen molar-refractivity contribution in [1.82, 2.24) is 0 Å². The van der Waals surface area contributed by atoms with Crippen molar-refractivity contribution in [3.8, 4) is 0 Å². The number of hydrogen-bond acceptors (Lipinski definition) is 1. The molecule has 1 heterocycles. The van der Waals surface area contributed by atoms with Crippen molar-refractivity contribution >= 4 is 45.2 Å². The van der Waals surface area contributed by atoms with Gasteiger partial charge in [0.2, 0.25) is 0 Å². The maximum atomic E-state index is 5.91. The Bertz CT molecular complexity index is 382. The van der Waals surface area contributed by atoms with Crippen molar-refractivity contribution in [2.45, 2.75) is 31.8 Å². The summed E-state index contributed by atoms with van der Waals surface area (Å²) in [5.41, 5.74) is 2.91. The van der Waals surface area contributed by atoms with E-state index in [1.54, 1.807) is 0 Å². The molecule has 1 unspecified atom stereocenters. The van der Waals surface area contributed by atoms with Crippen molar-refractivity contribution < 1.29 is 4.74 Å². The molecule has 0 N–H and O–H groups in total. The van der Waals surface area contributed by atoms with Crippen LogP contribution in [0.25, 0.3) is 0 Å². The largest absolute Gasteiger partial charge is 0.374 e. The van der Waals surface area contributed by atoms with Gasteiger partial charge in [-0.2, -0.15) is 0 Å². The molecular formula is C14H16I2O. The second-order valence-corrected chi connectivity index (χ2v) is 8.49. The molecule has 2 rings (SSSR count). The topological polar surface area (TPSA) is 9.23 Å². The SMILES string of the molecule is IC(I)=C1CCCOC1CCc1ccccc1. The van der Waals surface area contributed by atoms with Crippen LogP contribution in [0.2, 0.25) is 0 Å². The van der Waals surface area contributed by atoms with E-state index in [0.717, 1.165) is 19.4 Å². The molecule has 0 amide bonds. The van der Waals surface area contributed by atoms with Crippen LogP contribution < -0.4 is 0 Å².